The monoisotopic (exact) mass is 744 g/mol. The van der Waals surface area contributed by atoms with Crippen LogP contribution in [-0.4, -0.2) is 93.9 Å². The maximum absolute atomic E-state index is 16.3. The summed E-state index contributed by atoms with van der Waals surface area (Å²) in [7, 11) is -0.282. The molecular formula is C36H42ClFN4O8S. The molecule has 15 heteroatoms. The third-order valence-corrected chi connectivity index (χ3v) is 13.5. The maximum Gasteiger partial charge on any atom is 0.341 e. The summed E-state index contributed by atoms with van der Waals surface area (Å²) in [5.74, 6) is -3.23. The van der Waals surface area contributed by atoms with Gasteiger partial charge in [0.25, 0.3) is 11.8 Å². The lowest BCUT2D eigenvalue weighted by atomic mass is 9.96. The summed E-state index contributed by atoms with van der Waals surface area (Å²) in [5.41, 5.74) is 0.760. The third-order valence-electron chi connectivity index (χ3n) is 10.9. The van der Waals surface area contributed by atoms with E-state index in [0.717, 1.165) is 43.2 Å². The maximum atomic E-state index is 16.3. The summed E-state index contributed by atoms with van der Waals surface area (Å²) >= 11 is 6.90. The van der Waals surface area contributed by atoms with Gasteiger partial charge in [0.1, 0.15) is 5.02 Å². The van der Waals surface area contributed by atoms with Crippen molar-refractivity contribution >= 4 is 50.1 Å². The number of likely N-dealkylation sites (N-methyl/N-ethyl adjacent to an activating group) is 1. The third kappa shape index (κ3) is 6.60. The molecule has 51 heavy (non-hydrogen) atoms. The highest BCUT2D eigenvalue weighted by Gasteiger charge is 2.51. The van der Waals surface area contributed by atoms with Gasteiger partial charge in [0, 0.05) is 38.7 Å². The van der Waals surface area contributed by atoms with Crippen LogP contribution in [0.25, 0.3) is 11.0 Å². The Morgan fingerprint density at radius 3 is 2.51 bits per heavy atom. The minimum Gasteiger partial charge on any atom is -0.486 e. The Kier molecular flexibility index (Phi) is 9.57. The quantitative estimate of drug-likeness (QED) is 0.312. The molecule has 2 amide bonds. The fraction of sp³-hybridized carbons (Fsp3) is 0.528. The Morgan fingerprint density at radius 2 is 1.80 bits per heavy atom. The van der Waals surface area contributed by atoms with Crippen LogP contribution in [-0.2, 0) is 27.7 Å². The Morgan fingerprint density at radius 1 is 1.08 bits per heavy atom. The first-order chi connectivity index (χ1) is 24.3. The molecule has 12 nitrogen and oxygen atoms in total. The molecule has 3 fully saturated rings. The Hall–Kier alpha value is -3.72. The first-order valence-electron chi connectivity index (χ1n) is 17.4. The van der Waals surface area contributed by atoms with E-state index in [0.29, 0.717) is 55.7 Å². The molecule has 1 N–H and O–H groups in total. The summed E-state index contributed by atoms with van der Waals surface area (Å²) in [5, 5.41) is 1.02. The minimum atomic E-state index is -4.01. The normalized spacial score (nSPS) is 20.8. The number of hydrogen-bond acceptors (Lipinski definition) is 10. The molecule has 0 bridgehead atoms. The molecule has 2 aliphatic carbocycles. The van der Waals surface area contributed by atoms with Crippen molar-refractivity contribution in [1.82, 2.24) is 14.5 Å². The predicted octanol–water partition coefficient (Wildman–Crippen LogP) is 4.48. The van der Waals surface area contributed by atoms with Crippen LogP contribution in [0.5, 0.6) is 5.75 Å². The SMILES string of the molecule is COC[C@H]1CN(c2ccc3c4c(c(=O)oc3c2Cl)CN(C(=O)c2ccc(C(=O)NS(=O)(=O)C3(C)CC3)c(OC3CCCC3)c2F)CC4)CCN1C. The number of amides is 2. The van der Waals surface area contributed by atoms with Gasteiger partial charge in [-0.15, -0.1) is 0 Å². The van der Waals surface area contributed by atoms with Crippen LogP contribution in [0, 0.1) is 5.82 Å². The number of fused-ring (bicyclic) bond motifs is 3. The molecule has 3 heterocycles. The van der Waals surface area contributed by atoms with E-state index in [2.05, 4.69) is 21.6 Å². The van der Waals surface area contributed by atoms with Gasteiger partial charge in [-0.25, -0.2) is 22.3 Å². The summed E-state index contributed by atoms with van der Waals surface area (Å²) in [6.07, 6.45) is 3.74. The molecular weight excluding hydrogens is 703 g/mol. The van der Waals surface area contributed by atoms with Gasteiger partial charge in [-0.2, -0.15) is 0 Å². The van der Waals surface area contributed by atoms with Crippen LogP contribution in [0.3, 0.4) is 0 Å². The number of piperazine rings is 1. The molecule has 1 atom stereocenters. The molecule has 2 aromatic carbocycles. The summed E-state index contributed by atoms with van der Waals surface area (Å²) in [4.78, 5) is 46.3. The van der Waals surface area contributed by atoms with E-state index in [1.807, 2.05) is 12.1 Å². The highest BCUT2D eigenvalue weighted by atomic mass is 35.5. The lowest BCUT2D eigenvalue weighted by molar-refractivity contribution is 0.0725. The van der Waals surface area contributed by atoms with Crippen LogP contribution < -0.4 is 20.0 Å². The predicted molar refractivity (Wildman–Crippen MR) is 190 cm³/mol. The van der Waals surface area contributed by atoms with Crippen molar-refractivity contribution in [3.8, 4) is 5.75 Å². The molecule has 2 aliphatic heterocycles. The van der Waals surface area contributed by atoms with Gasteiger partial charge in [0.2, 0.25) is 10.0 Å². The molecule has 0 radical (unpaired) electrons. The lowest BCUT2D eigenvalue weighted by Crippen LogP contribution is -2.53. The summed E-state index contributed by atoms with van der Waals surface area (Å²) < 4.78 is 60.1. The Balaban J connectivity index is 1.16. The van der Waals surface area contributed by atoms with Crippen molar-refractivity contribution in [2.45, 2.75) is 75.3 Å². The first kappa shape index (κ1) is 35.7. The van der Waals surface area contributed by atoms with Crippen LogP contribution in [0.15, 0.2) is 33.5 Å². The van der Waals surface area contributed by atoms with E-state index < -0.39 is 43.8 Å². The number of sulfonamides is 1. The minimum absolute atomic E-state index is 0.125. The smallest absolute Gasteiger partial charge is 0.341 e. The van der Waals surface area contributed by atoms with Crippen molar-refractivity contribution in [1.29, 1.82) is 0 Å². The van der Waals surface area contributed by atoms with E-state index in [1.165, 1.54) is 11.0 Å². The van der Waals surface area contributed by atoms with E-state index in [1.54, 1.807) is 14.0 Å². The van der Waals surface area contributed by atoms with Crippen molar-refractivity contribution in [2.24, 2.45) is 0 Å². The average molecular weight is 745 g/mol. The highest BCUT2D eigenvalue weighted by molar-refractivity contribution is 7.91. The van der Waals surface area contributed by atoms with Crippen LogP contribution >= 0.6 is 11.6 Å². The second-order valence-corrected chi connectivity index (χ2v) is 16.9. The largest absolute Gasteiger partial charge is 0.486 e. The Labute approximate surface area is 300 Å². The molecule has 3 aromatic rings. The number of benzene rings is 2. The van der Waals surface area contributed by atoms with Gasteiger partial charge >= 0.3 is 5.63 Å². The summed E-state index contributed by atoms with van der Waals surface area (Å²) in [6.45, 7) is 4.40. The zero-order chi connectivity index (χ0) is 36.2. The average Bonchev–Trinajstić information content (AvgIpc) is 3.66. The number of nitrogens with one attached hydrogen (secondary N) is 1. The zero-order valence-electron chi connectivity index (χ0n) is 28.9. The van der Waals surface area contributed by atoms with Gasteiger partial charge in [-0.05, 0) is 88.7 Å². The van der Waals surface area contributed by atoms with Gasteiger partial charge in [-0.3, -0.25) is 14.5 Å². The second kappa shape index (κ2) is 13.7. The Bertz CT molecular complexity index is 2060. The second-order valence-electron chi connectivity index (χ2n) is 14.3. The first-order valence-corrected chi connectivity index (χ1v) is 19.2. The van der Waals surface area contributed by atoms with Crippen molar-refractivity contribution < 1.29 is 36.3 Å². The molecule has 274 valence electrons. The number of nitrogens with zero attached hydrogens (tertiary/aromatic N) is 3. The van der Waals surface area contributed by atoms with Crippen LogP contribution in [0.4, 0.5) is 10.1 Å². The number of carbonyl (C=O) groups excluding carboxylic acids is 2. The van der Waals surface area contributed by atoms with E-state index in [4.69, 9.17) is 25.5 Å². The number of hydrogen-bond donors (Lipinski definition) is 1. The van der Waals surface area contributed by atoms with Gasteiger partial charge in [-0.1, -0.05) is 11.6 Å². The molecule has 2 saturated carbocycles. The van der Waals surface area contributed by atoms with Gasteiger partial charge in [0.05, 0.1) is 52.4 Å². The van der Waals surface area contributed by atoms with E-state index >= 15 is 4.39 Å². The van der Waals surface area contributed by atoms with Crippen molar-refractivity contribution in [3.05, 3.63) is 67.8 Å². The highest BCUT2D eigenvalue weighted by Crippen LogP contribution is 2.43. The van der Waals surface area contributed by atoms with E-state index in [9.17, 15) is 22.8 Å². The fourth-order valence-electron chi connectivity index (χ4n) is 7.34. The zero-order valence-corrected chi connectivity index (χ0v) is 30.5. The number of anilines is 1. The van der Waals surface area contributed by atoms with Crippen LogP contribution in [0.2, 0.25) is 5.02 Å². The molecule has 0 spiro atoms. The van der Waals surface area contributed by atoms with Crippen molar-refractivity contribution in [3.63, 3.8) is 0 Å². The molecule has 4 aliphatic rings. The van der Waals surface area contributed by atoms with Gasteiger partial charge < -0.3 is 23.7 Å². The molecule has 7 rings (SSSR count). The lowest BCUT2D eigenvalue weighted by Gasteiger charge is -2.40. The molecule has 0 unspecified atom stereocenters. The molecule has 1 saturated heterocycles. The number of carbonyl (C=O) groups is 2. The van der Waals surface area contributed by atoms with Gasteiger partial charge in [0.15, 0.2) is 17.1 Å². The standard InChI is InChI=1S/C36H42ClFN4O8S/c1-36(13-14-36)51(46,47)39-33(43)26-9-8-25(30(38)32(26)49-22-6-4-5-7-22)34(44)42-15-12-23-24-10-11-28(29(37)31(24)50-35(45)27(23)19-42)41-17-16-40(2)21(18-41)20-48-3/h8-11,21-22H,4-7,12-20H2,1-3H3,(H,39,43)/t21-/m1/s1. The number of halogens is 2. The molecule has 1 aromatic heterocycles. The fourth-order valence-corrected chi connectivity index (χ4v) is 8.91. The van der Waals surface area contributed by atoms with Crippen LogP contribution in [0.1, 0.15) is 77.3 Å². The van der Waals surface area contributed by atoms with E-state index in [-0.39, 0.29) is 47.5 Å². The topological polar surface area (TPSA) is 139 Å². The number of rotatable bonds is 9. The summed E-state index contributed by atoms with van der Waals surface area (Å²) in [6, 6.07) is 6.36. The number of methoxy groups -OCH3 is 1. The number of ether oxygens (including phenoxy) is 2. The van der Waals surface area contributed by atoms with Crippen molar-refractivity contribution in [2.75, 3.05) is 51.8 Å².